The van der Waals surface area contributed by atoms with E-state index in [2.05, 4.69) is 10.3 Å². The molecule has 1 N–H and O–H groups in total. The first-order valence-corrected chi connectivity index (χ1v) is 11.7. The number of nitrogens with one attached hydrogen (secondary N) is 1. The smallest absolute Gasteiger partial charge is 0.254 e. The fourth-order valence-electron chi connectivity index (χ4n) is 3.51. The zero-order valence-electron chi connectivity index (χ0n) is 17.9. The molecule has 2 aromatic carbocycles. The quantitative estimate of drug-likeness (QED) is 0.512. The summed E-state index contributed by atoms with van der Waals surface area (Å²) in [6.45, 7) is 4.35. The highest BCUT2D eigenvalue weighted by molar-refractivity contribution is 7.89. The molecule has 0 saturated heterocycles. The number of rotatable bonds is 9. The Balaban J connectivity index is 1.65. The van der Waals surface area contributed by atoms with Crippen molar-refractivity contribution < 1.29 is 17.6 Å². The van der Waals surface area contributed by atoms with Crippen molar-refractivity contribution in [1.82, 2.24) is 19.2 Å². The normalized spacial score (nSPS) is 11.9. The lowest BCUT2D eigenvalue weighted by molar-refractivity contribution is 0.0949. The maximum absolute atomic E-state index is 14.2. The molecule has 1 heterocycles. The minimum absolute atomic E-state index is 0.0950. The van der Waals surface area contributed by atoms with Crippen LogP contribution in [0.15, 0.2) is 47.4 Å². The van der Waals surface area contributed by atoms with E-state index in [0.29, 0.717) is 32.5 Å². The van der Waals surface area contributed by atoms with Crippen molar-refractivity contribution in [2.75, 3.05) is 19.6 Å². The Bertz CT molecular complexity index is 1190. The lowest BCUT2D eigenvalue weighted by Gasteiger charge is -2.19. The summed E-state index contributed by atoms with van der Waals surface area (Å²) < 4.78 is 42.8. The molecule has 3 rings (SSSR count). The Morgan fingerprint density at radius 2 is 1.87 bits per heavy atom. The predicted molar refractivity (Wildman–Crippen MR) is 118 cm³/mol. The molecule has 0 radical (unpaired) electrons. The highest BCUT2D eigenvalue weighted by Gasteiger charge is 2.24. The number of hydrogen-bond acceptors (Lipinski definition) is 4. The number of carbonyl (C=O) groups is 1. The Labute approximate surface area is 181 Å². The number of nitrogens with zero attached hydrogens (tertiary/aromatic N) is 3. The standard InChI is InChI=1S/C22H27FN4O3S/c1-4-27(5-2)31(29,30)16-12-13-18(23)17(15-16)22(28)24-14-8-11-21-25-19-9-6-7-10-20(19)26(21)3/h6-7,9-10,12-13,15H,4-5,8,11,14H2,1-3H3,(H,24,28). The molecule has 166 valence electrons. The Kier molecular flexibility index (Phi) is 7.07. The van der Waals surface area contributed by atoms with Crippen LogP contribution in [-0.2, 0) is 23.5 Å². The van der Waals surface area contributed by atoms with Crippen LogP contribution in [0, 0.1) is 5.82 Å². The van der Waals surface area contributed by atoms with Gasteiger partial charge in [-0.25, -0.2) is 17.8 Å². The van der Waals surface area contributed by atoms with Crippen molar-refractivity contribution >= 4 is 27.0 Å². The van der Waals surface area contributed by atoms with Gasteiger partial charge < -0.3 is 9.88 Å². The van der Waals surface area contributed by atoms with Crippen molar-refractivity contribution in [1.29, 1.82) is 0 Å². The van der Waals surface area contributed by atoms with Gasteiger partial charge in [-0.2, -0.15) is 4.31 Å². The van der Waals surface area contributed by atoms with E-state index in [9.17, 15) is 17.6 Å². The highest BCUT2D eigenvalue weighted by Crippen LogP contribution is 2.19. The van der Waals surface area contributed by atoms with Crippen LogP contribution in [0.4, 0.5) is 4.39 Å². The number of aryl methyl sites for hydroxylation is 2. The molecule has 3 aromatic rings. The molecule has 0 aliphatic heterocycles. The maximum Gasteiger partial charge on any atom is 0.254 e. The van der Waals surface area contributed by atoms with E-state index in [1.54, 1.807) is 13.8 Å². The lowest BCUT2D eigenvalue weighted by Crippen LogP contribution is -2.31. The molecular formula is C22H27FN4O3S. The summed E-state index contributed by atoms with van der Waals surface area (Å²) in [4.78, 5) is 17.0. The second-order valence-electron chi connectivity index (χ2n) is 7.17. The maximum atomic E-state index is 14.2. The molecule has 1 amide bonds. The lowest BCUT2D eigenvalue weighted by atomic mass is 10.2. The third-order valence-corrected chi connectivity index (χ3v) is 7.31. The highest BCUT2D eigenvalue weighted by atomic mass is 32.2. The van der Waals surface area contributed by atoms with Crippen LogP contribution in [0.1, 0.15) is 36.5 Å². The predicted octanol–water partition coefficient (Wildman–Crippen LogP) is 3.11. The third kappa shape index (κ3) is 4.77. The minimum Gasteiger partial charge on any atom is -0.352 e. The first-order chi connectivity index (χ1) is 14.8. The number of hydrogen-bond donors (Lipinski definition) is 1. The minimum atomic E-state index is -3.78. The number of para-hydroxylation sites is 2. The Hall–Kier alpha value is -2.78. The number of halogens is 1. The van der Waals surface area contributed by atoms with Gasteiger partial charge in [0.05, 0.1) is 21.5 Å². The summed E-state index contributed by atoms with van der Waals surface area (Å²) in [6, 6.07) is 11.1. The summed E-state index contributed by atoms with van der Waals surface area (Å²) in [5.74, 6) is -0.501. The van der Waals surface area contributed by atoms with E-state index in [4.69, 9.17) is 0 Å². The van der Waals surface area contributed by atoms with Crippen LogP contribution in [0.25, 0.3) is 11.0 Å². The molecule has 0 atom stereocenters. The Morgan fingerprint density at radius 3 is 2.55 bits per heavy atom. The van der Waals surface area contributed by atoms with Crippen molar-refractivity contribution in [2.24, 2.45) is 7.05 Å². The van der Waals surface area contributed by atoms with Crippen LogP contribution < -0.4 is 5.32 Å². The summed E-state index contributed by atoms with van der Waals surface area (Å²) in [6.07, 6.45) is 1.26. The van der Waals surface area contributed by atoms with Crippen LogP contribution in [-0.4, -0.2) is 47.8 Å². The molecule has 31 heavy (non-hydrogen) atoms. The molecule has 0 saturated carbocycles. The van der Waals surface area contributed by atoms with Gasteiger partial charge in [0.15, 0.2) is 0 Å². The topological polar surface area (TPSA) is 84.3 Å². The Morgan fingerprint density at radius 1 is 1.16 bits per heavy atom. The van der Waals surface area contributed by atoms with Crippen molar-refractivity contribution in [3.8, 4) is 0 Å². The molecule has 7 nitrogen and oxygen atoms in total. The largest absolute Gasteiger partial charge is 0.352 e. The average molecular weight is 447 g/mol. The van der Waals surface area contributed by atoms with Crippen molar-refractivity contribution in [3.05, 3.63) is 59.7 Å². The zero-order chi connectivity index (χ0) is 22.6. The molecule has 9 heteroatoms. The molecule has 0 bridgehead atoms. The monoisotopic (exact) mass is 446 g/mol. The van der Waals surface area contributed by atoms with Crippen molar-refractivity contribution in [3.63, 3.8) is 0 Å². The van der Waals surface area contributed by atoms with Crippen molar-refractivity contribution in [2.45, 2.75) is 31.6 Å². The molecule has 1 aromatic heterocycles. The summed E-state index contributed by atoms with van der Waals surface area (Å²) in [5.41, 5.74) is 1.67. The number of benzene rings is 2. The summed E-state index contributed by atoms with van der Waals surface area (Å²) in [7, 11) is -1.83. The first-order valence-electron chi connectivity index (χ1n) is 10.3. The number of imidazole rings is 1. The molecule has 0 fully saturated rings. The molecular weight excluding hydrogens is 419 g/mol. The number of aromatic nitrogens is 2. The van der Waals surface area contributed by atoms with E-state index in [0.717, 1.165) is 29.0 Å². The van der Waals surface area contributed by atoms with E-state index >= 15 is 0 Å². The average Bonchev–Trinajstić information content (AvgIpc) is 3.07. The number of amides is 1. The number of carbonyl (C=O) groups excluding carboxylic acids is 1. The van der Waals surface area contributed by atoms with Gasteiger partial charge in [-0.15, -0.1) is 0 Å². The molecule has 0 aliphatic rings. The van der Waals surface area contributed by atoms with E-state index in [-0.39, 0.29) is 10.5 Å². The van der Waals surface area contributed by atoms with Gasteiger partial charge in [0, 0.05) is 33.1 Å². The van der Waals surface area contributed by atoms with Crippen LogP contribution >= 0.6 is 0 Å². The van der Waals surface area contributed by atoms with E-state index in [1.165, 1.54) is 10.4 Å². The van der Waals surface area contributed by atoms with Crippen LogP contribution in [0.2, 0.25) is 0 Å². The van der Waals surface area contributed by atoms with Gasteiger partial charge in [-0.1, -0.05) is 26.0 Å². The zero-order valence-corrected chi connectivity index (χ0v) is 18.7. The van der Waals surface area contributed by atoms with Gasteiger partial charge in [0.25, 0.3) is 5.91 Å². The van der Waals surface area contributed by atoms with Crippen LogP contribution in [0.5, 0.6) is 0 Å². The summed E-state index contributed by atoms with van der Waals surface area (Å²) in [5, 5.41) is 2.67. The SMILES string of the molecule is CCN(CC)S(=O)(=O)c1ccc(F)c(C(=O)NCCCc2nc3ccccc3n2C)c1. The first kappa shape index (κ1) is 22.9. The van der Waals surface area contributed by atoms with Gasteiger partial charge in [-0.05, 0) is 36.8 Å². The van der Waals surface area contributed by atoms with Gasteiger partial charge >= 0.3 is 0 Å². The van der Waals surface area contributed by atoms with Crippen LogP contribution in [0.3, 0.4) is 0 Å². The fourth-order valence-corrected chi connectivity index (χ4v) is 5.00. The molecule has 0 aliphatic carbocycles. The number of sulfonamides is 1. The molecule has 0 spiro atoms. The summed E-state index contributed by atoms with van der Waals surface area (Å²) >= 11 is 0. The number of fused-ring (bicyclic) bond motifs is 1. The van der Waals surface area contributed by atoms with E-state index in [1.807, 2.05) is 35.9 Å². The molecule has 0 unspecified atom stereocenters. The van der Waals surface area contributed by atoms with Gasteiger partial charge in [0.2, 0.25) is 10.0 Å². The second kappa shape index (κ2) is 9.57. The third-order valence-electron chi connectivity index (χ3n) is 5.27. The van der Waals surface area contributed by atoms with Gasteiger partial charge in [-0.3, -0.25) is 4.79 Å². The van der Waals surface area contributed by atoms with E-state index < -0.39 is 21.7 Å². The van der Waals surface area contributed by atoms with Gasteiger partial charge in [0.1, 0.15) is 11.6 Å². The fraction of sp³-hybridized carbons (Fsp3) is 0.364. The second-order valence-corrected chi connectivity index (χ2v) is 9.10.